The number of ether oxygens (including phenoxy) is 2. The Morgan fingerprint density at radius 1 is 1.45 bits per heavy atom. The predicted molar refractivity (Wildman–Crippen MR) is 72.5 cm³/mol. The number of likely N-dealkylation sites (N-methyl/N-ethyl adjacent to an activating group) is 1. The van der Waals surface area contributed by atoms with E-state index in [4.69, 9.17) is 9.47 Å². The standard InChI is InChI=1S/C14H20FNO4/c1-4-16(7-8-19-2)13(14(17)18)11-9-10(15)5-6-12(11)20-3/h5-6,9,13H,4,7-8H2,1-3H3,(H,17,18)/t13-/m0/s1. The fourth-order valence-corrected chi connectivity index (χ4v) is 2.08. The molecule has 0 aliphatic rings. The van der Waals surface area contributed by atoms with E-state index in [0.717, 1.165) is 0 Å². The zero-order valence-corrected chi connectivity index (χ0v) is 11.9. The molecule has 1 atom stereocenters. The molecule has 0 saturated heterocycles. The summed E-state index contributed by atoms with van der Waals surface area (Å²) in [7, 11) is 2.98. The van der Waals surface area contributed by atoms with Gasteiger partial charge in [0, 0.05) is 19.2 Å². The summed E-state index contributed by atoms with van der Waals surface area (Å²) < 4.78 is 23.6. The van der Waals surface area contributed by atoms with E-state index in [0.29, 0.717) is 31.0 Å². The molecular formula is C14H20FNO4. The van der Waals surface area contributed by atoms with Gasteiger partial charge < -0.3 is 14.6 Å². The van der Waals surface area contributed by atoms with E-state index in [1.807, 2.05) is 6.92 Å². The SMILES string of the molecule is CCN(CCOC)[C@H](C(=O)O)c1cc(F)ccc1OC. The summed E-state index contributed by atoms with van der Waals surface area (Å²) in [5.41, 5.74) is 0.304. The third-order valence-electron chi connectivity index (χ3n) is 3.07. The fraction of sp³-hybridized carbons (Fsp3) is 0.500. The number of carbonyl (C=O) groups is 1. The summed E-state index contributed by atoms with van der Waals surface area (Å²) in [4.78, 5) is 13.3. The highest BCUT2D eigenvalue weighted by molar-refractivity contribution is 5.76. The molecule has 0 heterocycles. The second kappa shape index (κ2) is 7.81. The van der Waals surface area contributed by atoms with Crippen LogP contribution in [0.2, 0.25) is 0 Å². The minimum absolute atomic E-state index is 0.304. The van der Waals surface area contributed by atoms with Crippen LogP contribution in [0.25, 0.3) is 0 Å². The number of halogens is 1. The minimum atomic E-state index is -1.05. The summed E-state index contributed by atoms with van der Waals surface area (Å²) in [6, 6.07) is 2.91. The molecule has 1 aromatic rings. The van der Waals surface area contributed by atoms with Gasteiger partial charge in [-0.25, -0.2) is 4.39 Å². The number of nitrogens with zero attached hydrogens (tertiary/aromatic N) is 1. The van der Waals surface area contributed by atoms with Crippen LogP contribution in [0.1, 0.15) is 18.5 Å². The van der Waals surface area contributed by atoms with Crippen molar-refractivity contribution < 1.29 is 23.8 Å². The van der Waals surface area contributed by atoms with E-state index >= 15 is 0 Å². The molecule has 0 aliphatic carbocycles. The molecule has 0 unspecified atom stereocenters. The number of rotatable bonds is 8. The van der Waals surface area contributed by atoms with Crippen LogP contribution in [0.3, 0.4) is 0 Å². The smallest absolute Gasteiger partial charge is 0.325 e. The van der Waals surface area contributed by atoms with E-state index in [9.17, 15) is 14.3 Å². The largest absolute Gasteiger partial charge is 0.496 e. The maximum Gasteiger partial charge on any atom is 0.325 e. The topological polar surface area (TPSA) is 59.0 Å². The zero-order chi connectivity index (χ0) is 15.1. The van der Waals surface area contributed by atoms with E-state index in [1.165, 1.54) is 25.3 Å². The molecule has 0 aliphatic heterocycles. The Balaban J connectivity index is 3.18. The average molecular weight is 285 g/mol. The van der Waals surface area contributed by atoms with Gasteiger partial charge in [-0.1, -0.05) is 6.92 Å². The van der Waals surface area contributed by atoms with E-state index in [-0.39, 0.29) is 0 Å². The van der Waals surface area contributed by atoms with Crippen molar-refractivity contribution in [3.05, 3.63) is 29.6 Å². The van der Waals surface area contributed by atoms with Gasteiger partial charge in [0.15, 0.2) is 0 Å². The van der Waals surface area contributed by atoms with Crippen LogP contribution in [0.5, 0.6) is 5.75 Å². The Kier molecular flexibility index (Phi) is 6.41. The highest BCUT2D eigenvalue weighted by Crippen LogP contribution is 2.30. The summed E-state index contributed by atoms with van der Waals surface area (Å²) in [6.07, 6.45) is 0. The molecule has 0 amide bonds. The second-order valence-electron chi connectivity index (χ2n) is 4.25. The molecule has 1 aromatic carbocycles. The lowest BCUT2D eigenvalue weighted by Gasteiger charge is -2.28. The third kappa shape index (κ3) is 3.91. The van der Waals surface area contributed by atoms with E-state index in [1.54, 1.807) is 12.0 Å². The number of aliphatic carboxylic acids is 1. The maximum absolute atomic E-state index is 13.4. The van der Waals surface area contributed by atoms with Crippen molar-refractivity contribution >= 4 is 5.97 Å². The van der Waals surface area contributed by atoms with Crippen molar-refractivity contribution in [1.29, 1.82) is 0 Å². The van der Waals surface area contributed by atoms with E-state index < -0.39 is 17.8 Å². The molecule has 6 heteroatoms. The Bertz CT molecular complexity index is 453. The van der Waals surface area contributed by atoms with Gasteiger partial charge in [0.25, 0.3) is 0 Å². The normalized spacial score (nSPS) is 12.4. The van der Waals surface area contributed by atoms with Crippen LogP contribution in [0.15, 0.2) is 18.2 Å². The highest BCUT2D eigenvalue weighted by atomic mass is 19.1. The van der Waals surface area contributed by atoms with Crippen LogP contribution < -0.4 is 4.74 Å². The molecule has 112 valence electrons. The number of benzene rings is 1. The van der Waals surface area contributed by atoms with Crippen LogP contribution in [-0.4, -0.2) is 49.9 Å². The molecule has 20 heavy (non-hydrogen) atoms. The molecule has 5 nitrogen and oxygen atoms in total. The summed E-state index contributed by atoms with van der Waals surface area (Å²) in [5, 5.41) is 9.48. The maximum atomic E-state index is 13.4. The highest BCUT2D eigenvalue weighted by Gasteiger charge is 2.29. The first kappa shape index (κ1) is 16.4. The zero-order valence-electron chi connectivity index (χ0n) is 11.9. The molecule has 1 rings (SSSR count). The first-order chi connectivity index (χ1) is 9.54. The molecule has 1 N–H and O–H groups in total. The van der Waals surface area contributed by atoms with Gasteiger partial charge in [0.2, 0.25) is 0 Å². The van der Waals surface area contributed by atoms with Crippen molar-refractivity contribution in [2.75, 3.05) is 33.9 Å². The monoisotopic (exact) mass is 285 g/mol. The van der Waals surface area contributed by atoms with Crippen LogP contribution in [-0.2, 0) is 9.53 Å². The quantitative estimate of drug-likeness (QED) is 0.791. The van der Waals surface area contributed by atoms with Gasteiger partial charge in [-0.3, -0.25) is 9.69 Å². The molecule has 0 bridgehead atoms. The summed E-state index contributed by atoms with van der Waals surface area (Å²) >= 11 is 0. The Labute approximate surface area is 117 Å². The Morgan fingerprint density at radius 2 is 2.15 bits per heavy atom. The van der Waals surface area contributed by atoms with Gasteiger partial charge in [0.1, 0.15) is 17.6 Å². The van der Waals surface area contributed by atoms with Gasteiger partial charge >= 0.3 is 5.97 Å². The van der Waals surface area contributed by atoms with Crippen LogP contribution in [0, 0.1) is 5.82 Å². The van der Waals surface area contributed by atoms with Crippen molar-refractivity contribution in [2.45, 2.75) is 13.0 Å². The van der Waals surface area contributed by atoms with Gasteiger partial charge in [0.05, 0.1) is 13.7 Å². The number of carboxylic acid groups (broad SMARTS) is 1. The number of hydrogen-bond acceptors (Lipinski definition) is 4. The summed E-state index contributed by atoms with van der Waals surface area (Å²) in [6.45, 7) is 3.18. The lowest BCUT2D eigenvalue weighted by molar-refractivity contribution is -0.143. The molecule has 0 fully saturated rings. The molecule has 0 radical (unpaired) electrons. The van der Waals surface area contributed by atoms with Gasteiger partial charge in [-0.15, -0.1) is 0 Å². The van der Waals surface area contributed by atoms with Crippen molar-refractivity contribution in [3.63, 3.8) is 0 Å². The van der Waals surface area contributed by atoms with Gasteiger partial charge in [-0.05, 0) is 24.7 Å². The minimum Gasteiger partial charge on any atom is -0.496 e. The van der Waals surface area contributed by atoms with Crippen molar-refractivity contribution in [2.24, 2.45) is 0 Å². The van der Waals surface area contributed by atoms with Crippen molar-refractivity contribution in [3.8, 4) is 5.75 Å². The average Bonchev–Trinajstić information content (AvgIpc) is 2.42. The number of hydrogen-bond donors (Lipinski definition) is 1. The van der Waals surface area contributed by atoms with Crippen LogP contribution >= 0.6 is 0 Å². The molecule has 0 saturated carbocycles. The van der Waals surface area contributed by atoms with E-state index in [2.05, 4.69) is 0 Å². The number of carboxylic acids is 1. The lowest BCUT2D eigenvalue weighted by atomic mass is 10.0. The third-order valence-corrected chi connectivity index (χ3v) is 3.07. The summed E-state index contributed by atoms with van der Waals surface area (Å²) in [5.74, 6) is -1.18. The lowest BCUT2D eigenvalue weighted by Crippen LogP contribution is -2.36. The fourth-order valence-electron chi connectivity index (χ4n) is 2.08. The number of methoxy groups -OCH3 is 2. The molecule has 0 spiro atoms. The second-order valence-corrected chi connectivity index (χ2v) is 4.25. The van der Waals surface area contributed by atoms with Crippen LogP contribution in [0.4, 0.5) is 4.39 Å². The Hall–Kier alpha value is -1.66. The first-order valence-corrected chi connectivity index (χ1v) is 6.34. The molecular weight excluding hydrogens is 265 g/mol. The van der Waals surface area contributed by atoms with Crippen molar-refractivity contribution in [1.82, 2.24) is 4.90 Å². The first-order valence-electron chi connectivity index (χ1n) is 6.34. The Morgan fingerprint density at radius 3 is 2.65 bits per heavy atom. The van der Waals surface area contributed by atoms with Gasteiger partial charge in [-0.2, -0.15) is 0 Å². The molecule has 0 aromatic heterocycles. The predicted octanol–water partition coefficient (Wildman–Crippen LogP) is 1.93.